The first kappa shape index (κ1) is 44.9. The van der Waals surface area contributed by atoms with Crippen LogP contribution in [-0.4, -0.2) is 121 Å². The summed E-state index contributed by atoms with van der Waals surface area (Å²) in [7, 11) is 0. The van der Waals surface area contributed by atoms with Crippen molar-refractivity contribution in [2.75, 3.05) is 0 Å². The summed E-state index contributed by atoms with van der Waals surface area (Å²) < 4.78 is 23.9. The molecule has 308 valence electrons. The summed E-state index contributed by atoms with van der Waals surface area (Å²) in [4.78, 5) is 14.3. The first-order chi connectivity index (χ1) is 25.1. The monoisotopic (exact) mass is 764 g/mol. The van der Waals surface area contributed by atoms with E-state index >= 15 is 0 Å². The fraction of sp³-hybridized carbons (Fsp3) is 0.786. The summed E-state index contributed by atoms with van der Waals surface area (Å²) in [6.07, 6.45) is -3.53. The number of aliphatic hydroxyl groups is 7. The lowest BCUT2D eigenvalue weighted by Crippen LogP contribution is -2.63. The molecule has 2 saturated heterocycles. The molecule has 2 saturated carbocycles. The first-order valence-corrected chi connectivity index (χ1v) is 19.7. The Morgan fingerprint density at radius 2 is 1.41 bits per heavy atom. The van der Waals surface area contributed by atoms with Gasteiger partial charge in [-0.1, -0.05) is 55.7 Å². The Labute approximate surface area is 321 Å². The number of carbonyl (C=O) groups is 1. The summed E-state index contributed by atoms with van der Waals surface area (Å²) in [6, 6.07) is 0. The molecule has 2 heterocycles. The van der Waals surface area contributed by atoms with Gasteiger partial charge in [-0.15, -0.1) is 0 Å². The number of ether oxygens (including phenoxy) is 4. The summed E-state index contributed by atoms with van der Waals surface area (Å²) in [6.45, 7) is 18.7. The maximum atomic E-state index is 14.3. The van der Waals surface area contributed by atoms with Gasteiger partial charge in [-0.05, 0) is 105 Å². The Kier molecular flexibility index (Phi) is 15.1. The second kappa shape index (κ2) is 18.2. The van der Waals surface area contributed by atoms with Crippen LogP contribution in [0.4, 0.5) is 0 Å². The molecule has 2 aliphatic heterocycles. The molecule has 2 aliphatic carbocycles. The molecule has 12 unspecified atom stereocenters. The first-order valence-electron chi connectivity index (χ1n) is 19.7. The van der Waals surface area contributed by atoms with E-state index in [1.165, 1.54) is 6.92 Å². The number of allylic oxidation sites excluding steroid dienone is 2. The van der Waals surface area contributed by atoms with Gasteiger partial charge in [0.05, 0.1) is 35.9 Å². The second-order valence-corrected chi connectivity index (χ2v) is 17.2. The standard InChI is InChI=1S/C42H68O12/c1-21(2)13-15-30(43)23(5)17-19-42(50)29(32(44)25(7)28-12-11-18-41(28,42)10)20-24(6)31(16-14-22(3)4)53-39-37(49)35(47)38(27(9)52-39)54-40-36(48)34(46)33(45)26(8)51-40/h13-14,17,20,25-31,33-40,43,45-50H,11-12,15-16,18-19H2,1-10H3/b23-17+,24-20+/t25-,26?,27?,28-,29-,30?,31?,33?,34?,35?,36?,37?,38?,39?,40?,41-,42-/m0/s1. The summed E-state index contributed by atoms with van der Waals surface area (Å²) in [5, 5.41) is 77.1. The van der Waals surface area contributed by atoms with Gasteiger partial charge in [-0.3, -0.25) is 4.79 Å². The molecule has 7 N–H and O–H groups in total. The quantitative estimate of drug-likeness (QED) is 0.134. The highest BCUT2D eigenvalue weighted by Gasteiger charge is 2.64. The lowest BCUT2D eigenvalue weighted by Gasteiger charge is -2.55. The minimum atomic E-state index is -1.61. The van der Waals surface area contributed by atoms with Gasteiger partial charge in [-0.2, -0.15) is 0 Å². The van der Waals surface area contributed by atoms with E-state index < -0.39 is 90.6 Å². The van der Waals surface area contributed by atoms with Gasteiger partial charge >= 0.3 is 0 Å². The normalized spacial score (nSPS) is 43.0. The van der Waals surface area contributed by atoms with Gasteiger partial charge in [0.15, 0.2) is 12.6 Å². The molecule has 12 nitrogen and oxygen atoms in total. The van der Waals surface area contributed by atoms with Crippen LogP contribution < -0.4 is 0 Å². The highest BCUT2D eigenvalue weighted by molar-refractivity contribution is 5.88. The van der Waals surface area contributed by atoms with Gasteiger partial charge in [0.25, 0.3) is 0 Å². The predicted molar refractivity (Wildman–Crippen MR) is 203 cm³/mol. The molecule has 0 amide bonds. The van der Waals surface area contributed by atoms with Crippen molar-refractivity contribution >= 4 is 5.78 Å². The molecule has 17 atom stereocenters. The maximum Gasteiger partial charge on any atom is 0.187 e. The molecule has 4 rings (SSSR count). The number of rotatable bonds is 13. The Morgan fingerprint density at radius 1 is 0.815 bits per heavy atom. The fourth-order valence-corrected chi connectivity index (χ4v) is 8.98. The van der Waals surface area contributed by atoms with Crippen molar-refractivity contribution in [1.29, 1.82) is 0 Å². The van der Waals surface area contributed by atoms with Crippen molar-refractivity contribution in [3.05, 3.63) is 46.6 Å². The summed E-state index contributed by atoms with van der Waals surface area (Å²) >= 11 is 0. The third-order valence-electron chi connectivity index (χ3n) is 12.8. The topological polar surface area (TPSA) is 196 Å². The molecule has 0 radical (unpaired) electrons. The molecule has 4 fully saturated rings. The maximum absolute atomic E-state index is 14.3. The molecule has 12 heteroatoms. The van der Waals surface area contributed by atoms with E-state index in [-0.39, 0.29) is 24.0 Å². The third-order valence-corrected chi connectivity index (χ3v) is 12.8. The Bertz CT molecular complexity index is 1420. The van der Waals surface area contributed by atoms with E-state index in [0.29, 0.717) is 18.4 Å². The average molecular weight is 765 g/mol. The Morgan fingerprint density at radius 3 is 2.04 bits per heavy atom. The van der Waals surface area contributed by atoms with E-state index in [9.17, 15) is 40.5 Å². The highest BCUT2D eigenvalue weighted by Crippen LogP contribution is 2.61. The van der Waals surface area contributed by atoms with Gasteiger partial charge < -0.3 is 54.7 Å². The molecule has 4 aliphatic rings. The van der Waals surface area contributed by atoms with Crippen molar-refractivity contribution in [3.8, 4) is 0 Å². The van der Waals surface area contributed by atoms with Crippen LogP contribution in [-0.2, 0) is 23.7 Å². The molecule has 54 heavy (non-hydrogen) atoms. The molecule has 0 aromatic rings. The zero-order valence-corrected chi connectivity index (χ0v) is 33.9. The lowest BCUT2D eigenvalue weighted by atomic mass is 9.51. The van der Waals surface area contributed by atoms with Gasteiger partial charge in [0.2, 0.25) is 0 Å². The Balaban J connectivity index is 1.62. The van der Waals surface area contributed by atoms with Crippen LogP contribution >= 0.6 is 0 Å². The van der Waals surface area contributed by atoms with Crippen LogP contribution in [0.15, 0.2) is 46.6 Å². The second-order valence-electron chi connectivity index (χ2n) is 17.2. The minimum absolute atomic E-state index is 0.0163. The average Bonchev–Trinajstić information content (AvgIpc) is 3.53. The molecule has 0 bridgehead atoms. The predicted octanol–water partition coefficient (Wildman–Crippen LogP) is 3.78. The van der Waals surface area contributed by atoms with Gasteiger partial charge in [0.1, 0.15) is 42.4 Å². The minimum Gasteiger partial charge on any atom is -0.388 e. The SMILES string of the molecule is CC(C)=CCC(O)/C(C)=C/C[C@]1(O)[C@@H](/C=C(\C)C(CC=C(C)C)OC2OC(C)C(OC3OC(C)C(O)C(O)C3O)C(O)C2O)C(=O)[C@@H](C)[C@@H]2CCC[C@@]21C. The van der Waals surface area contributed by atoms with Crippen LogP contribution in [0.5, 0.6) is 0 Å². The zero-order chi connectivity index (χ0) is 40.4. The summed E-state index contributed by atoms with van der Waals surface area (Å²) in [5.74, 6) is -1.17. The van der Waals surface area contributed by atoms with Crippen molar-refractivity contribution < 1.29 is 59.5 Å². The number of Topliss-reactive ketones (excluding diaryl/α,β-unsaturated/α-hetero) is 1. The molecular formula is C42H68O12. The van der Waals surface area contributed by atoms with Crippen LogP contribution in [0.25, 0.3) is 0 Å². The number of carbonyl (C=O) groups excluding carboxylic acids is 1. The summed E-state index contributed by atoms with van der Waals surface area (Å²) in [5.41, 5.74) is 1.51. The van der Waals surface area contributed by atoms with E-state index in [1.807, 2.05) is 72.8 Å². The Hall–Kier alpha value is -1.81. The molecule has 0 spiro atoms. The van der Waals surface area contributed by atoms with Crippen LogP contribution in [0.3, 0.4) is 0 Å². The van der Waals surface area contributed by atoms with Gasteiger partial charge in [-0.25, -0.2) is 0 Å². The van der Waals surface area contributed by atoms with Crippen LogP contribution in [0.1, 0.15) is 108 Å². The number of hydrogen-bond acceptors (Lipinski definition) is 12. The van der Waals surface area contributed by atoms with Crippen molar-refractivity contribution in [3.63, 3.8) is 0 Å². The smallest absolute Gasteiger partial charge is 0.187 e. The van der Waals surface area contributed by atoms with Crippen LogP contribution in [0, 0.1) is 23.2 Å². The molecule has 0 aromatic carbocycles. The fourth-order valence-electron chi connectivity index (χ4n) is 8.98. The zero-order valence-electron chi connectivity index (χ0n) is 33.9. The van der Waals surface area contributed by atoms with E-state index in [4.69, 9.17) is 18.9 Å². The number of ketones is 1. The molecular weight excluding hydrogens is 696 g/mol. The molecule has 0 aromatic heterocycles. The van der Waals surface area contributed by atoms with Crippen molar-refractivity contribution in [2.24, 2.45) is 23.2 Å². The van der Waals surface area contributed by atoms with Crippen molar-refractivity contribution in [1.82, 2.24) is 0 Å². The highest BCUT2D eigenvalue weighted by atomic mass is 16.7. The van der Waals surface area contributed by atoms with E-state index in [0.717, 1.165) is 36.0 Å². The number of hydrogen-bond donors (Lipinski definition) is 7. The van der Waals surface area contributed by atoms with Crippen molar-refractivity contribution in [2.45, 2.75) is 187 Å². The van der Waals surface area contributed by atoms with E-state index in [2.05, 4.69) is 6.92 Å². The third kappa shape index (κ3) is 9.31. The number of fused-ring (bicyclic) bond motifs is 1. The number of aliphatic hydroxyl groups excluding tert-OH is 6. The van der Waals surface area contributed by atoms with Crippen LogP contribution in [0.2, 0.25) is 0 Å². The van der Waals surface area contributed by atoms with E-state index in [1.54, 1.807) is 6.92 Å². The van der Waals surface area contributed by atoms with Gasteiger partial charge in [0, 0.05) is 11.3 Å². The largest absolute Gasteiger partial charge is 0.388 e. The lowest BCUT2D eigenvalue weighted by molar-refractivity contribution is -0.354.